The van der Waals surface area contributed by atoms with Gasteiger partial charge in [-0.15, -0.1) is 0 Å². The lowest BCUT2D eigenvalue weighted by molar-refractivity contribution is -0.136. The Morgan fingerprint density at radius 3 is 2.42 bits per heavy atom. The van der Waals surface area contributed by atoms with Gasteiger partial charge < -0.3 is 15.4 Å². The Morgan fingerprint density at radius 1 is 1.19 bits per heavy atom. The van der Waals surface area contributed by atoms with Gasteiger partial charge in [0, 0.05) is 31.4 Å². The Hall–Kier alpha value is -2.54. The average Bonchev–Trinajstić information content (AvgIpc) is 2.63. The number of piperidine rings is 1. The fraction of sp³-hybridized carbons (Fsp3) is 0.421. The predicted molar refractivity (Wildman–Crippen MR) is 95.3 cm³/mol. The molecule has 1 aromatic carbocycles. The zero-order valence-electron chi connectivity index (χ0n) is 15.0. The molecule has 7 heteroatoms. The van der Waals surface area contributed by atoms with Crippen LogP contribution in [0.25, 0.3) is 0 Å². The Labute approximate surface area is 152 Å². The van der Waals surface area contributed by atoms with E-state index in [4.69, 9.17) is 10.5 Å². The summed E-state index contributed by atoms with van der Waals surface area (Å²) in [5, 5.41) is 0. The second-order valence-corrected chi connectivity index (χ2v) is 7.09. The summed E-state index contributed by atoms with van der Waals surface area (Å²) in [5.41, 5.74) is 5.81. The second-order valence-electron chi connectivity index (χ2n) is 7.09. The van der Waals surface area contributed by atoms with Crippen molar-refractivity contribution < 1.29 is 13.9 Å². The molecule has 2 heterocycles. The van der Waals surface area contributed by atoms with Crippen LogP contribution in [0.3, 0.4) is 0 Å². The van der Waals surface area contributed by atoms with Crippen molar-refractivity contribution in [3.8, 4) is 11.6 Å². The van der Waals surface area contributed by atoms with E-state index < -0.39 is 5.54 Å². The highest BCUT2D eigenvalue weighted by Gasteiger charge is 2.32. The van der Waals surface area contributed by atoms with Crippen molar-refractivity contribution in [1.82, 2.24) is 14.9 Å². The molecule has 1 aliphatic heterocycles. The van der Waals surface area contributed by atoms with Crippen molar-refractivity contribution >= 4 is 5.91 Å². The van der Waals surface area contributed by atoms with E-state index in [2.05, 4.69) is 9.97 Å². The minimum atomic E-state index is -0.865. The van der Waals surface area contributed by atoms with Crippen LogP contribution in [0.2, 0.25) is 0 Å². The average molecular weight is 358 g/mol. The first-order valence-corrected chi connectivity index (χ1v) is 8.67. The van der Waals surface area contributed by atoms with Crippen LogP contribution in [-0.4, -0.2) is 39.4 Å². The number of hydrogen-bond donors (Lipinski definition) is 1. The summed E-state index contributed by atoms with van der Waals surface area (Å²) in [4.78, 5) is 22.8. The SMILES string of the molecule is CC(C)(N)C(=O)N1CCC(c2nccnc2Oc2ccc(F)cc2)CC1. The van der Waals surface area contributed by atoms with Crippen LogP contribution < -0.4 is 10.5 Å². The number of likely N-dealkylation sites (tertiary alicyclic amines) is 1. The quantitative estimate of drug-likeness (QED) is 0.909. The number of amides is 1. The predicted octanol–water partition coefficient (Wildman–Crippen LogP) is 2.85. The van der Waals surface area contributed by atoms with E-state index in [9.17, 15) is 9.18 Å². The number of hydrogen-bond acceptors (Lipinski definition) is 5. The Bertz CT molecular complexity index is 766. The van der Waals surface area contributed by atoms with E-state index in [1.54, 1.807) is 43.3 Å². The van der Waals surface area contributed by atoms with E-state index >= 15 is 0 Å². The van der Waals surface area contributed by atoms with E-state index in [0.717, 1.165) is 18.5 Å². The highest BCUT2D eigenvalue weighted by Crippen LogP contribution is 2.33. The molecule has 1 fully saturated rings. The largest absolute Gasteiger partial charge is 0.437 e. The molecule has 1 aromatic heterocycles. The fourth-order valence-electron chi connectivity index (χ4n) is 3.07. The van der Waals surface area contributed by atoms with Crippen LogP contribution in [0.5, 0.6) is 11.6 Å². The molecule has 6 nitrogen and oxygen atoms in total. The standard InChI is InChI=1S/C19H23FN4O2/c1-19(2,21)18(25)24-11-7-13(8-12-24)16-17(23-10-9-22-16)26-15-5-3-14(20)4-6-15/h3-6,9-10,13H,7-8,11-12,21H2,1-2H3. The van der Waals surface area contributed by atoms with Gasteiger partial charge in [0.05, 0.1) is 5.54 Å². The lowest BCUT2D eigenvalue weighted by Gasteiger charge is -2.35. The molecule has 0 atom stereocenters. The molecular formula is C19H23FN4O2. The summed E-state index contributed by atoms with van der Waals surface area (Å²) in [6.45, 7) is 4.69. The number of nitrogens with zero attached hydrogens (tertiary/aromatic N) is 3. The highest BCUT2D eigenvalue weighted by atomic mass is 19.1. The van der Waals surface area contributed by atoms with Gasteiger partial charge in [0.1, 0.15) is 17.3 Å². The molecule has 2 aromatic rings. The second kappa shape index (κ2) is 7.37. The summed E-state index contributed by atoms with van der Waals surface area (Å²) >= 11 is 0. The molecule has 1 aliphatic rings. The van der Waals surface area contributed by atoms with E-state index in [1.807, 2.05) is 0 Å². The van der Waals surface area contributed by atoms with E-state index in [-0.39, 0.29) is 17.6 Å². The van der Waals surface area contributed by atoms with E-state index in [1.165, 1.54) is 12.1 Å². The smallest absolute Gasteiger partial charge is 0.242 e. The van der Waals surface area contributed by atoms with Crippen molar-refractivity contribution in [2.75, 3.05) is 13.1 Å². The molecule has 0 saturated carbocycles. The minimum absolute atomic E-state index is 0.0436. The molecule has 1 amide bonds. The molecule has 1 saturated heterocycles. The molecule has 2 N–H and O–H groups in total. The van der Waals surface area contributed by atoms with Crippen LogP contribution in [0.4, 0.5) is 4.39 Å². The van der Waals surface area contributed by atoms with Crippen molar-refractivity contribution in [3.05, 3.63) is 48.2 Å². The maximum atomic E-state index is 13.1. The van der Waals surface area contributed by atoms with Crippen molar-refractivity contribution in [2.45, 2.75) is 38.1 Å². The van der Waals surface area contributed by atoms with Gasteiger partial charge in [-0.1, -0.05) is 0 Å². The van der Waals surface area contributed by atoms with Crippen molar-refractivity contribution in [3.63, 3.8) is 0 Å². The summed E-state index contributed by atoms with van der Waals surface area (Å²) in [6.07, 6.45) is 4.73. The van der Waals surface area contributed by atoms with Gasteiger partial charge in [0.25, 0.3) is 0 Å². The number of rotatable bonds is 4. The molecule has 26 heavy (non-hydrogen) atoms. The third-order valence-corrected chi connectivity index (χ3v) is 4.44. The van der Waals surface area contributed by atoms with Gasteiger partial charge in [0.2, 0.25) is 11.8 Å². The van der Waals surface area contributed by atoms with Crippen molar-refractivity contribution in [2.24, 2.45) is 5.73 Å². The van der Waals surface area contributed by atoms with E-state index in [0.29, 0.717) is 24.7 Å². The van der Waals surface area contributed by atoms with Gasteiger partial charge in [-0.25, -0.2) is 9.37 Å². The molecule has 0 spiro atoms. The Morgan fingerprint density at radius 2 is 1.81 bits per heavy atom. The topological polar surface area (TPSA) is 81.3 Å². The summed E-state index contributed by atoms with van der Waals surface area (Å²) in [6, 6.07) is 5.78. The molecule has 3 rings (SSSR count). The third-order valence-electron chi connectivity index (χ3n) is 4.44. The number of ether oxygens (including phenoxy) is 1. The first-order chi connectivity index (χ1) is 12.3. The number of carbonyl (C=O) groups excluding carboxylic acids is 1. The summed E-state index contributed by atoms with van der Waals surface area (Å²) < 4.78 is 18.9. The monoisotopic (exact) mass is 358 g/mol. The molecule has 0 aliphatic carbocycles. The molecule has 0 radical (unpaired) electrons. The van der Waals surface area contributed by atoms with Gasteiger partial charge >= 0.3 is 0 Å². The first-order valence-electron chi connectivity index (χ1n) is 8.67. The number of carbonyl (C=O) groups is 1. The maximum Gasteiger partial charge on any atom is 0.242 e. The van der Waals surface area contributed by atoms with Crippen LogP contribution in [0, 0.1) is 5.82 Å². The van der Waals surface area contributed by atoms with Gasteiger partial charge in [-0.3, -0.25) is 9.78 Å². The molecular weight excluding hydrogens is 335 g/mol. The molecule has 0 bridgehead atoms. The Kier molecular flexibility index (Phi) is 5.18. The normalized spacial score (nSPS) is 15.8. The molecule has 0 unspecified atom stereocenters. The van der Waals surface area contributed by atoms with Gasteiger partial charge in [0.15, 0.2) is 0 Å². The van der Waals surface area contributed by atoms with Crippen molar-refractivity contribution in [1.29, 1.82) is 0 Å². The zero-order valence-corrected chi connectivity index (χ0v) is 15.0. The van der Waals surface area contributed by atoms with Crippen LogP contribution in [0.15, 0.2) is 36.7 Å². The maximum absolute atomic E-state index is 13.1. The Balaban J connectivity index is 1.71. The van der Waals surface area contributed by atoms with Gasteiger partial charge in [-0.05, 0) is 51.0 Å². The van der Waals surface area contributed by atoms with Crippen LogP contribution >= 0.6 is 0 Å². The summed E-state index contributed by atoms with van der Waals surface area (Å²) in [7, 11) is 0. The summed E-state index contributed by atoms with van der Waals surface area (Å²) in [5.74, 6) is 0.701. The lowest BCUT2D eigenvalue weighted by atomic mass is 9.92. The first kappa shape index (κ1) is 18.3. The fourth-order valence-corrected chi connectivity index (χ4v) is 3.07. The number of aromatic nitrogens is 2. The number of halogens is 1. The van der Waals surface area contributed by atoms with Crippen LogP contribution in [0.1, 0.15) is 38.3 Å². The minimum Gasteiger partial charge on any atom is -0.437 e. The third kappa shape index (κ3) is 4.16. The number of nitrogens with two attached hydrogens (primary N) is 1. The van der Waals surface area contributed by atoms with Gasteiger partial charge in [-0.2, -0.15) is 0 Å². The van der Waals surface area contributed by atoms with Crippen LogP contribution in [-0.2, 0) is 4.79 Å². The zero-order chi connectivity index (χ0) is 18.7. The molecule has 138 valence electrons. The highest BCUT2D eigenvalue weighted by molar-refractivity contribution is 5.85. The lowest BCUT2D eigenvalue weighted by Crippen LogP contribution is -2.53. The number of benzene rings is 1.